The molecule has 0 aliphatic heterocycles. The first-order valence-electron chi connectivity index (χ1n) is 6.74. The Balaban J connectivity index is 0.00000162. The molecule has 0 unspecified atom stereocenters. The van der Waals surface area contributed by atoms with Crippen molar-refractivity contribution < 1.29 is 48.0 Å². The van der Waals surface area contributed by atoms with Crippen molar-refractivity contribution in [1.82, 2.24) is 0 Å². The summed E-state index contributed by atoms with van der Waals surface area (Å²) in [5.74, 6) is 0. The average Bonchev–Trinajstić information content (AvgIpc) is 2.89. The molecule has 0 aromatic rings. The minimum Gasteiger partial charge on any atom is -1.00 e. The van der Waals surface area contributed by atoms with Crippen molar-refractivity contribution in [2.45, 2.75) is 52.9 Å². The second kappa shape index (κ2) is 9.38. The van der Waals surface area contributed by atoms with Gasteiger partial charge in [0, 0.05) is 0 Å². The summed E-state index contributed by atoms with van der Waals surface area (Å²) in [7, 11) is 0. The van der Waals surface area contributed by atoms with Crippen LogP contribution in [0.25, 0.3) is 0 Å². The van der Waals surface area contributed by atoms with Crippen molar-refractivity contribution >= 4 is 0 Å². The number of unbranched alkanes of at least 4 members (excludes halogenated alkanes) is 1. The molecule has 0 amide bonds. The molecule has 0 radical (unpaired) electrons. The van der Waals surface area contributed by atoms with Crippen LogP contribution in [0.1, 0.15) is 52.9 Å². The molecule has 2 aliphatic carbocycles. The summed E-state index contributed by atoms with van der Waals surface area (Å²) < 4.78 is 3.67. The third-order valence-corrected chi connectivity index (χ3v) is 7.98. The molecule has 0 N–H and O–H groups in total. The summed E-state index contributed by atoms with van der Waals surface area (Å²) >= 11 is -0.450. The van der Waals surface area contributed by atoms with E-state index in [0.717, 1.165) is 0 Å². The summed E-state index contributed by atoms with van der Waals surface area (Å²) in [5, 5.41) is 0. The van der Waals surface area contributed by atoms with E-state index in [0.29, 0.717) is 0 Å². The zero-order valence-electron chi connectivity index (χ0n) is 12.0. The minimum absolute atomic E-state index is 0. The summed E-state index contributed by atoms with van der Waals surface area (Å²) in [4.78, 5) is 0. The quantitative estimate of drug-likeness (QED) is 0.584. The molecule has 19 heavy (non-hydrogen) atoms. The molecule has 0 aromatic carbocycles. The van der Waals surface area contributed by atoms with Crippen LogP contribution in [-0.2, 0) is 23.2 Å². The molecule has 2 rings (SSSR count). The maximum Gasteiger partial charge on any atom is -1.00 e. The number of rotatable bonds is 5. The Morgan fingerprint density at radius 1 is 1.11 bits per heavy atom. The van der Waals surface area contributed by atoms with Gasteiger partial charge < -0.3 is 24.8 Å². The van der Waals surface area contributed by atoms with Crippen LogP contribution in [0.15, 0.2) is 41.5 Å². The second-order valence-electron chi connectivity index (χ2n) is 5.03. The number of hydrogen-bond acceptors (Lipinski definition) is 0. The van der Waals surface area contributed by atoms with Gasteiger partial charge in [-0.3, -0.25) is 0 Å². The zero-order chi connectivity index (χ0) is 12.3. The van der Waals surface area contributed by atoms with Crippen molar-refractivity contribution in [2.75, 3.05) is 0 Å². The summed E-state index contributed by atoms with van der Waals surface area (Å²) in [5.41, 5.74) is 4.84. The smallest absolute Gasteiger partial charge is 1.00 e. The molecular weight excluding hydrogens is 354 g/mol. The summed E-state index contributed by atoms with van der Waals surface area (Å²) in [6.45, 7) is 6.88. The van der Waals surface area contributed by atoms with Crippen LogP contribution >= 0.6 is 0 Å². The monoisotopic (exact) mass is 374 g/mol. The summed E-state index contributed by atoms with van der Waals surface area (Å²) in [6, 6.07) is 0. The van der Waals surface area contributed by atoms with Crippen molar-refractivity contribution in [2.24, 2.45) is 0 Å². The molecule has 0 fully saturated rings. The molecule has 2 aliphatic rings. The van der Waals surface area contributed by atoms with E-state index < -0.39 is 23.2 Å². The molecule has 0 bridgehead atoms. The number of allylic oxidation sites excluding steroid dienone is 8. The van der Waals surface area contributed by atoms with Gasteiger partial charge in [0.1, 0.15) is 0 Å². The molecule has 104 valence electrons. The molecule has 0 heterocycles. The first-order valence-corrected chi connectivity index (χ1v) is 9.20. The topological polar surface area (TPSA) is 0 Å². The van der Waals surface area contributed by atoms with Gasteiger partial charge in [-0.15, -0.1) is 0 Å². The predicted molar refractivity (Wildman–Crippen MR) is 71.4 cm³/mol. The van der Waals surface area contributed by atoms with Gasteiger partial charge in [-0.2, -0.15) is 0 Å². The van der Waals surface area contributed by atoms with Gasteiger partial charge >= 0.3 is 118 Å². The third-order valence-electron chi connectivity index (χ3n) is 3.79. The van der Waals surface area contributed by atoms with Crippen LogP contribution in [0.3, 0.4) is 0 Å². The third kappa shape index (κ3) is 5.03. The molecule has 3 heteroatoms. The van der Waals surface area contributed by atoms with E-state index in [4.69, 9.17) is 0 Å². The van der Waals surface area contributed by atoms with Gasteiger partial charge in [0.25, 0.3) is 0 Å². The van der Waals surface area contributed by atoms with Crippen molar-refractivity contribution in [3.8, 4) is 0 Å². The fourth-order valence-electron chi connectivity index (χ4n) is 2.41. The van der Waals surface area contributed by atoms with Gasteiger partial charge in [0.2, 0.25) is 0 Å². The normalized spacial score (nSPS) is 17.1. The Morgan fingerprint density at radius 2 is 1.84 bits per heavy atom. The zero-order valence-corrected chi connectivity index (χ0v) is 16.0. The van der Waals surface area contributed by atoms with E-state index in [1.54, 1.807) is 11.1 Å². The Kier molecular flexibility index (Phi) is 9.58. The van der Waals surface area contributed by atoms with Gasteiger partial charge in [-0.05, 0) is 0 Å². The SMILES string of the molecule is CCCCC1=[C]([Zr+2][C]2=C(C)C(C)=CC2)CC=C1.[Cl-].[Cl-]. The van der Waals surface area contributed by atoms with E-state index in [2.05, 4.69) is 39.0 Å². The predicted octanol–water partition coefficient (Wildman–Crippen LogP) is -0.895. The Hall–Kier alpha value is 0.423. The first kappa shape index (κ1) is 19.4. The first-order chi connectivity index (χ1) is 8.22. The fourth-order valence-corrected chi connectivity index (χ4v) is 6.20. The van der Waals surface area contributed by atoms with Crippen LogP contribution in [0.5, 0.6) is 0 Å². The van der Waals surface area contributed by atoms with Crippen LogP contribution in [0.4, 0.5) is 0 Å². The maximum absolute atomic E-state index is 2.42. The van der Waals surface area contributed by atoms with E-state index in [1.807, 2.05) is 6.56 Å². The van der Waals surface area contributed by atoms with E-state index in [-0.39, 0.29) is 24.8 Å². The van der Waals surface area contributed by atoms with E-state index in [9.17, 15) is 0 Å². The van der Waals surface area contributed by atoms with E-state index >= 15 is 0 Å². The van der Waals surface area contributed by atoms with Gasteiger partial charge in [-0.1, -0.05) is 0 Å². The molecule has 0 atom stereocenters. The summed E-state index contributed by atoms with van der Waals surface area (Å²) in [6.07, 6.45) is 13.7. The van der Waals surface area contributed by atoms with Gasteiger partial charge in [0.05, 0.1) is 0 Å². The van der Waals surface area contributed by atoms with Gasteiger partial charge in [0.15, 0.2) is 0 Å². The van der Waals surface area contributed by atoms with Crippen LogP contribution in [0, 0.1) is 0 Å². The van der Waals surface area contributed by atoms with Crippen molar-refractivity contribution in [1.29, 1.82) is 0 Å². The minimum atomic E-state index is -0.450. The van der Waals surface area contributed by atoms with Crippen LogP contribution < -0.4 is 24.8 Å². The molecule has 0 aromatic heterocycles. The van der Waals surface area contributed by atoms with Crippen molar-refractivity contribution in [3.63, 3.8) is 0 Å². The molecular formula is C16H22Cl2Zr. The number of halogens is 2. The fraction of sp³-hybridized carbons (Fsp3) is 0.500. The standard InChI is InChI=1S/C9H13.C7H9.2ClH.Zr/c1-2-3-6-9-7-4-5-8-9;1-6-4-3-5-7(6)2;;;/h4,7H,2-3,5-6H2,1H3;4H,3H2,1-2H3;2*1H;/q;;;;+2/p-2. The largest absolute Gasteiger partial charge is 1.00 e. The van der Waals surface area contributed by atoms with Crippen LogP contribution in [0.2, 0.25) is 0 Å². The number of hydrogen-bond donors (Lipinski definition) is 0. The Morgan fingerprint density at radius 3 is 2.42 bits per heavy atom. The Labute approximate surface area is 141 Å². The second-order valence-corrected chi connectivity index (χ2v) is 8.62. The Bertz CT molecular complexity index is 428. The molecule has 0 nitrogen and oxygen atoms in total. The maximum atomic E-state index is 2.42. The van der Waals surface area contributed by atoms with Crippen LogP contribution in [-0.4, -0.2) is 0 Å². The molecule has 0 spiro atoms. The average molecular weight is 376 g/mol. The van der Waals surface area contributed by atoms with Crippen molar-refractivity contribution in [3.05, 3.63) is 41.5 Å². The molecule has 0 saturated carbocycles. The van der Waals surface area contributed by atoms with E-state index in [1.165, 1.54) is 37.7 Å². The van der Waals surface area contributed by atoms with Gasteiger partial charge in [-0.25, -0.2) is 0 Å². The molecule has 0 saturated heterocycles.